The molecule has 0 spiro atoms. The molecule has 0 fully saturated rings. The number of nitrogens with two attached hydrogens (primary N) is 1. The molecule has 0 aromatic heterocycles. The van der Waals surface area contributed by atoms with Crippen molar-refractivity contribution in [2.45, 2.75) is 6.61 Å². The van der Waals surface area contributed by atoms with Crippen LogP contribution in [-0.2, 0) is 6.61 Å². The van der Waals surface area contributed by atoms with E-state index < -0.39 is 0 Å². The number of thiocarbonyl (C=S) groups is 1. The highest BCUT2D eigenvalue weighted by molar-refractivity contribution is 7.80. The predicted octanol–water partition coefficient (Wildman–Crippen LogP) is 4.05. The summed E-state index contributed by atoms with van der Waals surface area (Å²) < 4.78 is 5.93. The van der Waals surface area contributed by atoms with Crippen molar-refractivity contribution in [3.8, 4) is 5.75 Å². The average molecular weight is 293 g/mol. The highest BCUT2D eigenvalue weighted by atomic mass is 32.1. The van der Waals surface area contributed by atoms with Crippen molar-refractivity contribution in [1.29, 1.82) is 0 Å². The van der Waals surface area contributed by atoms with E-state index in [2.05, 4.69) is 24.3 Å². The van der Waals surface area contributed by atoms with Gasteiger partial charge in [0.25, 0.3) is 0 Å². The molecular formula is C18H15NOS. The van der Waals surface area contributed by atoms with Crippen LogP contribution in [0.1, 0.15) is 11.1 Å². The molecule has 0 atom stereocenters. The average Bonchev–Trinajstić information content (AvgIpc) is 2.53. The van der Waals surface area contributed by atoms with E-state index in [9.17, 15) is 0 Å². The van der Waals surface area contributed by atoms with Crippen LogP contribution in [0.25, 0.3) is 10.8 Å². The molecule has 0 saturated heterocycles. The Bertz CT molecular complexity index is 793. The van der Waals surface area contributed by atoms with Gasteiger partial charge in [-0.05, 0) is 28.5 Å². The summed E-state index contributed by atoms with van der Waals surface area (Å²) in [6, 6.07) is 22.1. The third-order valence-corrected chi connectivity index (χ3v) is 3.64. The number of para-hydroxylation sites is 1. The first kappa shape index (κ1) is 13.6. The van der Waals surface area contributed by atoms with E-state index in [0.717, 1.165) is 16.9 Å². The Morgan fingerprint density at radius 1 is 0.905 bits per heavy atom. The van der Waals surface area contributed by atoms with Crippen LogP contribution in [-0.4, -0.2) is 4.99 Å². The minimum absolute atomic E-state index is 0.350. The van der Waals surface area contributed by atoms with Crippen molar-refractivity contribution >= 4 is 28.0 Å². The first-order chi connectivity index (χ1) is 10.3. The third-order valence-electron chi connectivity index (χ3n) is 3.42. The molecule has 3 aromatic rings. The molecule has 0 amide bonds. The summed E-state index contributed by atoms with van der Waals surface area (Å²) >= 11 is 5.06. The lowest BCUT2D eigenvalue weighted by atomic mass is 10.1. The van der Waals surface area contributed by atoms with Crippen LogP contribution in [0.4, 0.5) is 0 Å². The van der Waals surface area contributed by atoms with Crippen molar-refractivity contribution in [2.75, 3.05) is 0 Å². The third kappa shape index (κ3) is 2.88. The number of fused-ring (bicyclic) bond motifs is 1. The van der Waals surface area contributed by atoms with E-state index >= 15 is 0 Å². The molecule has 0 radical (unpaired) electrons. The smallest absolute Gasteiger partial charge is 0.129 e. The fraction of sp³-hybridized carbons (Fsp3) is 0.0556. The second-order valence-corrected chi connectivity index (χ2v) is 5.23. The molecule has 3 rings (SSSR count). The topological polar surface area (TPSA) is 35.2 Å². The number of hydrogen-bond donors (Lipinski definition) is 1. The maximum atomic E-state index is 5.93. The molecular weight excluding hydrogens is 278 g/mol. The quantitative estimate of drug-likeness (QED) is 0.737. The Balaban J connectivity index is 1.89. The summed E-state index contributed by atoms with van der Waals surface area (Å²) in [5, 5.41) is 2.41. The van der Waals surface area contributed by atoms with Crippen molar-refractivity contribution in [1.82, 2.24) is 0 Å². The summed E-state index contributed by atoms with van der Waals surface area (Å²) in [5.41, 5.74) is 7.64. The van der Waals surface area contributed by atoms with Crippen LogP contribution in [0.3, 0.4) is 0 Å². The molecule has 2 nitrogen and oxygen atoms in total. The Hall–Kier alpha value is -2.39. The van der Waals surface area contributed by atoms with Crippen LogP contribution in [0.15, 0.2) is 66.7 Å². The number of benzene rings is 3. The van der Waals surface area contributed by atoms with Gasteiger partial charge in [0.05, 0.1) is 5.56 Å². The Labute approximate surface area is 129 Å². The summed E-state index contributed by atoms with van der Waals surface area (Å²) in [7, 11) is 0. The van der Waals surface area contributed by atoms with Gasteiger partial charge in [0.15, 0.2) is 0 Å². The lowest BCUT2D eigenvalue weighted by Crippen LogP contribution is -2.11. The highest BCUT2D eigenvalue weighted by Crippen LogP contribution is 2.23. The van der Waals surface area contributed by atoms with Crippen LogP contribution in [0.2, 0.25) is 0 Å². The van der Waals surface area contributed by atoms with E-state index in [1.54, 1.807) is 0 Å². The standard InChI is InChI=1S/C18H15NOS/c19-18(21)16-10-3-4-11-17(16)20-12-14-8-5-7-13-6-1-2-9-15(13)14/h1-11H,12H2,(H2,19,21). The lowest BCUT2D eigenvalue weighted by Gasteiger charge is -2.12. The summed E-state index contributed by atoms with van der Waals surface area (Å²) in [6.45, 7) is 0.487. The molecule has 0 aliphatic heterocycles. The number of hydrogen-bond acceptors (Lipinski definition) is 2. The van der Waals surface area contributed by atoms with Crippen molar-refractivity contribution in [3.05, 3.63) is 77.9 Å². The van der Waals surface area contributed by atoms with Gasteiger partial charge < -0.3 is 10.5 Å². The maximum absolute atomic E-state index is 5.93. The van der Waals surface area contributed by atoms with E-state index in [1.807, 2.05) is 42.5 Å². The highest BCUT2D eigenvalue weighted by Gasteiger charge is 2.07. The number of rotatable bonds is 4. The van der Waals surface area contributed by atoms with Gasteiger partial charge in [-0.2, -0.15) is 0 Å². The maximum Gasteiger partial charge on any atom is 0.129 e. The Morgan fingerprint density at radius 2 is 1.62 bits per heavy atom. The van der Waals surface area contributed by atoms with Crippen molar-refractivity contribution < 1.29 is 4.74 Å². The molecule has 0 aliphatic carbocycles. The first-order valence-electron chi connectivity index (χ1n) is 6.74. The van der Waals surface area contributed by atoms with Gasteiger partial charge in [0, 0.05) is 0 Å². The van der Waals surface area contributed by atoms with Crippen LogP contribution >= 0.6 is 12.2 Å². The summed E-state index contributed by atoms with van der Waals surface area (Å²) in [5.74, 6) is 0.720. The second-order valence-electron chi connectivity index (χ2n) is 4.79. The Kier molecular flexibility index (Phi) is 3.84. The molecule has 0 saturated carbocycles. The minimum atomic E-state index is 0.350. The van der Waals surface area contributed by atoms with Gasteiger partial charge in [-0.25, -0.2) is 0 Å². The van der Waals surface area contributed by atoms with Crippen molar-refractivity contribution in [3.63, 3.8) is 0 Å². The van der Waals surface area contributed by atoms with E-state index in [-0.39, 0.29) is 0 Å². The molecule has 21 heavy (non-hydrogen) atoms. The van der Waals surface area contributed by atoms with Gasteiger partial charge in [-0.1, -0.05) is 66.8 Å². The van der Waals surface area contributed by atoms with Gasteiger partial charge in [-0.3, -0.25) is 0 Å². The molecule has 3 heteroatoms. The molecule has 104 valence electrons. The fourth-order valence-electron chi connectivity index (χ4n) is 2.37. The molecule has 0 aliphatic rings. The van der Waals surface area contributed by atoms with Gasteiger partial charge >= 0.3 is 0 Å². The zero-order valence-corrected chi connectivity index (χ0v) is 12.3. The van der Waals surface area contributed by atoms with E-state index in [1.165, 1.54) is 10.8 Å². The zero-order chi connectivity index (χ0) is 14.7. The van der Waals surface area contributed by atoms with Crippen molar-refractivity contribution in [2.24, 2.45) is 5.73 Å². The molecule has 2 N–H and O–H groups in total. The summed E-state index contributed by atoms with van der Waals surface area (Å²) in [6.07, 6.45) is 0. The van der Waals surface area contributed by atoms with E-state index in [0.29, 0.717) is 11.6 Å². The molecule has 0 heterocycles. The van der Waals surface area contributed by atoms with Gasteiger partial charge in [0.1, 0.15) is 17.3 Å². The predicted molar refractivity (Wildman–Crippen MR) is 90.6 cm³/mol. The van der Waals surface area contributed by atoms with Crippen LogP contribution < -0.4 is 10.5 Å². The number of ether oxygens (including phenoxy) is 1. The molecule has 0 unspecified atom stereocenters. The Morgan fingerprint density at radius 3 is 2.48 bits per heavy atom. The van der Waals surface area contributed by atoms with E-state index in [4.69, 9.17) is 22.7 Å². The van der Waals surface area contributed by atoms with Gasteiger partial charge in [0.2, 0.25) is 0 Å². The molecule has 3 aromatic carbocycles. The fourth-order valence-corrected chi connectivity index (χ4v) is 2.54. The SMILES string of the molecule is NC(=S)c1ccccc1OCc1cccc2ccccc12. The summed E-state index contributed by atoms with van der Waals surface area (Å²) in [4.78, 5) is 0.350. The second kappa shape index (κ2) is 5.94. The molecule has 0 bridgehead atoms. The van der Waals surface area contributed by atoms with Crippen LogP contribution in [0, 0.1) is 0 Å². The van der Waals surface area contributed by atoms with Gasteiger partial charge in [-0.15, -0.1) is 0 Å². The zero-order valence-electron chi connectivity index (χ0n) is 11.5. The minimum Gasteiger partial charge on any atom is -0.488 e. The first-order valence-corrected chi connectivity index (χ1v) is 7.15. The monoisotopic (exact) mass is 293 g/mol. The van der Waals surface area contributed by atoms with Crippen LogP contribution in [0.5, 0.6) is 5.75 Å². The largest absolute Gasteiger partial charge is 0.488 e. The lowest BCUT2D eigenvalue weighted by molar-refractivity contribution is 0.307. The normalized spacial score (nSPS) is 10.5.